The van der Waals surface area contributed by atoms with Crippen LogP contribution in [0.25, 0.3) is 11.1 Å². The molecule has 0 spiro atoms. The van der Waals surface area contributed by atoms with Gasteiger partial charge in [0, 0.05) is 6.61 Å². The van der Waals surface area contributed by atoms with Gasteiger partial charge in [-0.1, -0.05) is 134 Å². The number of esters is 1. The van der Waals surface area contributed by atoms with Crippen molar-refractivity contribution in [3.05, 3.63) is 83.9 Å². The fourth-order valence-corrected chi connectivity index (χ4v) is 5.39. The zero-order chi connectivity index (χ0) is 31.2. The summed E-state index contributed by atoms with van der Waals surface area (Å²) in [5.74, 6) is 1.03. The Morgan fingerprint density at radius 2 is 1.02 bits per heavy atom. The molecule has 3 aromatic carbocycles. The molecule has 1 atom stereocenters. The fourth-order valence-electron chi connectivity index (χ4n) is 5.39. The Bertz CT molecular complexity index is 1150. The van der Waals surface area contributed by atoms with Crippen molar-refractivity contribution in [2.24, 2.45) is 0 Å². The van der Waals surface area contributed by atoms with Crippen molar-refractivity contribution >= 4 is 5.97 Å². The summed E-state index contributed by atoms with van der Waals surface area (Å²) in [5, 5.41) is 0. The number of hydrogen-bond acceptors (Lipinski definition) is 4. The van der Waals surface area contributed by atoms with Gasteiger partial charge in [-0.3, -0.25) is 0 Å². The topological polar surface area (TPSA) is 44.8 Å². The Hall–Kier alpha value is -3.11. The van der Waals surface area contributed by atoms with Gasteiger partial charge < -0.3 is 14.2 Å². The minimum absolute atomic E-state index is 0.0153. The van der Waals surface area contributed by atoms with E-state index in [1.54, 1.807) is 12.1 Å². The molecule has 240 valence electrons. The molecule has 0 aliphatic rings. The maximum absolute atomic E-state index is 12.7. The minimum Gasteiger partial charge on any atom is -0.494 e. The van der Waals surface area contributed by atoms with Gasteiger partial charge >= 0.3 is 5.97 Å². The second-order valence-corrected chi connectivity index (χ2v) is 12.0. The minimum atomic E-state index is -0.366. The van der Waals surface area contributed by atoms with Gasteiger partial charge in [-0.25, -0.2) is 4.79 Å². The Morgan fingerprint density at radius 1 is 0.545 bits per heavy atom. The first kappa shape index (κ1) is 35.4. The number of hydrogen-bond donors (Lipinski definition) is 0. The molecule has 4 nitrogen and oxygen atoms in total. The van der Waals surface area contributed by atoms with E-state index < -0.39 is 0 Å². The lowest BCUT2D eigenvalue weighted by molar-refractivity contribution is 0.0627. The van der Waals surface area contributed by atoms with Crippen LogP contribution in [-0.2, 0) is 4.74 Å². The molecule has 0 fully saturated rings. The molecule has 0 aliphatic heterocycles. The van der Waals surface area contributed by atoms with Crippen molar-refractivity contribution in [3.8, 4) is 22.6 Å². The van der Waals surface area contributed by atoms with Crippen molar-refractivity contribution in [1.29, 1.82) is 0 Å². The fraction of sp³-hybridized carbons (Fsp3) is 0.525. The third-order valence-corrected chi connectivity index (χ3v) is 8.21. The van der Waals surface area contributed by atoms with Gasteiger partial charge in [0.15, 0.2) is 0 Å². The van der Waals surface area contributed by atoms with Gasteiger partial charge in [0.1, 0.15) is 11.5 Å². The van der Waals surface area contributed by atoms with Crippen molar-refractivity contribution in [3.63, 3.8) is 0 Å². The molecule has 0 heterocycles. The third kappa shape index (κ3) is 13.7. The van der Waals surface area contributed by atoms with Crippen LogP contribution in [-0.4, -0.2) is 19.2 Å². The van der Waals surface area contributed by atoms with Crippen LogP contribution in [0.2, 0.25) is 0 Å². The quantitative estimate of drug-likeness (QED) is 0.0617. The van der Waals surface area contributed by atoms with Gasteiger partial charge in [-0.15, -0.1) is 0 Å². The molecule has 3 rings (SSSR count). The number of carbonyl (C=O) groups is 1. The summed E-state index contributed by atoms with van der Waals surface area (Å²) in [4.78, 5) is 12.7. The highest BCUT2D eigenvalue weighted by Crippen LogP contribution is 2.25. The molecule has 0 bridgehead atoms. The van der Waals surface area contributed by atoms with E-state index in [1.165, 1.54) is 83.5 Å². The molecular formula is C40H56O4. The van der Waals surface area contributed by atoms with Crippen LogP contribution in [0, 0.1) is 0 Å². The van der Waals surface area contributed by atoms with E-state index in [2.05, 4.69) is 20.8 Å². The normalized spacial score (nSPS) is 11.8. The summed E-state index contributed by atoms with van der Waals surface area (Å²) in [6.07, 6.45) is 20.0. The van der Waals surface area contributed by atoms with Crippen molar-refractivity contribution in [1.82, 2.24) is 0 Å². The van der Waals surface area contributed by atoms with E-state index in [9.17, 15) is 4.79 Å². The highest BCUT2D eigenvalue weighted by atomic mass is 16.5. The number of benzene rings is 3. The predicted molar refractivity (Wildman–Crippen MR) is 184 cm³/mol. The van der Waals surface area contributed by atoms with Gasteiger partial charge in [0.2, 0.25) is 0 Å². The predicted octanol–water partition coefficient (Wildman–Crippen LogP) is 11.9. The summed E-state index contributed by atoms with van der Waals surface area (Å²) in [6, 6.07) is 23.2. The van der Waals surface area contributed by atoms with Gasteiger partial charge in [0.05, 0.1) is 18.3 Å². The Morgan fingerprint density at radius 3 is 1.55 bits per heavy atom. The second-order valence-electron chi connectivity index (χ2n) is 12.0. The van der Waals surface area contributed by atoms with Gasteiger partial charge in [0.25, 0.3) is 0 Å². The van der Waals surface area contributed by atoms with E-state index in [-0.39, 0.29) is 12.1 Å². The number of unbranched alkanes of at least 4 members (excludes halogenated alkanes) is 13. The van der Waals surface area contributed by atoms with Crippen LogP contribution in [0.4, 0.5) is 0 Å². The second kappa shape index (κ2) is 21.6. The molecule has 0 N–H and O–H groups in total. The lowest BCUT2D eigenvalue weighted by atomic mass is 10.0. The zero-order valence-electron chi connectivity index (χ0n) is 27.7. The highest BCUT2D eigenvalue weighted by molar-refractivity contribution is 5.91. The van der Waals surface area contributed by atoms with Crippen molar-refractivity contribution < 1.29 is 19.0 Å². The SMILES string of the molecule is CCCCCCCCCCCCCCCCOC(C)c1ccc(OC(=O)c2ccc(-c3ccc(OCCC)cc3)cc2)cc1. The molecule has 3 aromatic rings. The molecule has 0 radical (unpaired) electrons. The van der Waals surface area contributed by atoms with Crippen LogP contribution in [0.3, 0.4) is 0 Å². The first-order valence-electron chi connectivity index (χ1n) is 17.4. The zero-order valence-corrected chi connectivity index (χ0v) is 27.7. The molecule has 44 heavy (non-hydrogen) atoms. The lowest BCUT2D eigenvalue weighted by Gasteiger charge is -2.14. The molecule has 4 heteroatoms. The number of ether oxygens (including phenoxy) is 3. The van der Waals surface area contributed by atoms with E-state index in [1.807, 2.05) is 60.7 Å². The molecule has 1 unspecified atom stereocenters. The third-order valence-electron chi connectivity index (χ3n) is 8.21. The van der Waals surface area contributed by atoms with Crippen LogP contribution in [0.1, 0.15) is 139 Å². The summed E-state index contributed by atoms with van der Waals surface area (Å²) < 4.78 is 17.4. The molecular weight excluding hydrogens is 544 g/mol. The van der Waals surface area contributed by atoms with Crippen molar-refractivity contribution in [2.45, 2.75) is 123 Å². The average Bonchev–Trinajstić information content (AvgIpc) is 3.06. The molecule has 0 saturated carbocycles. The van der Waals surface area contributed by atoms with Crippen LogP contribution in [0.5, 0.6) is 11.5 Å². The Labute approximate surface area is 267 Å². The smallest absolute Gasteiger partial charge is 0.343 e. The molecule has 0 aromatic heterocycles. The Kier molecular flexibility index (Phi) is 17.3. The van der Waals surface area contributed by atoms with Crippen LogP contribution >= 0.6 is 0 Å². The number of rotatable bonds is 23. The van der Waals surface area contributed by atoms with Gasteiger partial charge in [-0.2, -0.15) is 0 Å². The largest absolute Gasteiger partial charge is 0.494 e. The van der Waals surface area contributed by atoms with E-state index in [0.29, 0.717) is 17.9 Å². The van der Waals surface area contributed by atoms with E-state index in [0.717, 1.165) is 41.9 Å². The highest BCUT2D eigenvalue weighted by Gasteiger charge is 2.11. The average molecular weight is 601 g/mol. The summed E-state index contributed by atoms with van der Waals surface area (Å²) in [7, 11) is 0. The standard InChI is InChI=1S/C40H56O4/c1-4-6-7-8-9-10-11-12-13-14-15-16-17-18-32-42-33(3)34-23-29-39(30-24-34)44-40(41)37-21-19-35(20-22-37)36-25-27-38(28-26-36)43-31-5-2/h19-30,33H,4-18,31-32H2,1-3H3. The summed E-state index contributed by atoms with van der Waals surface area (Å²) in [5.41, 5.74) is 3.72. The molecule has 0 amide bonds. The maximum Gasteiger partial charge on any atom is 0.343 e. The van der Waals surface area contributed by atoms with Crippen LogP contribution in [0.15, 0.2) is 72.8 Å². The van der Waals surface area contributed by atoms with E-state index >= 15 is 0 Å². The first-order chi connectivity index (χ1) is 21.6. The van der Waals surface area contributed by atoms with Crippen molar-refractivity contribution in [2.75, 3.05) is 13.2 Å². The van der Waals surface area contributed by atoms with Gasteiger partial charge in [-0.05, 0) is 72.9 Å². The monoisotopic (exact) mass is 600 g/mol. The van der Waals surface area contributed by atoms with Crippen LogP contribution < -0.4 is 9.47 Å². The Balaban J connectivity index is 1.27. The lowest BCUT2D eigenvalue weighted by Crippen LogP contribution is -2.08. The molecule has 0 saturated heterocycles. The maximum atomic E-state index is 12.7. The first-order valence-corrected chi connectivity index (χ1v) is 17.4. The molecule has 0 aliphatic carbocycles. The number of carbonyl (C=O) groups excluding carboxylic acids is 1. The summed E-state index contributed by atoms with van der Waals surface area (Å²) >= 11 is 0. The van der Waals surface area contributed by atoms with E-state index in [4.69, 9.17) is 14.2 Å². The summed E-state index contributed by atoms with van der Waals surface area (Å²) in [6.45, 7) is 7.95.